The van der Waals surface area contributed by atoms with Crippen LogP contribution in [-0.2, 0) is 24.1 Å². The molecule has 80 valence electrons. The first-order valence-electron chi connectivity index (χ1n) is 4.45. The molecule has 0 bridgehead atoms. The molecule has 0 amide bonds. The van der Waals surface area contributed by atoms with E-state index in [1.54, 1.807) is 0 Å². The molecule has 1 aliphatic carbocycles. The molecule has 2 atom stereocenters. The van der Waals surface area contributed by atoms with Gasteiger partial charge in [-0.1, -0.05) is 0 Å². The quantitative estimate of drug-likeness (QED) is 0.284. The average molecular weight is 202 g/mol. The lowest BCUT2D eigenvalue weighted by Gasteiger charge is -2.07. The highest BCUT2D eigenvalue weighted by Crippen LogP contribution is 2.28. The normalized spacial score (nSPS) is 26.6. The number of esters is 1. The van der Waals surface area contributed by atoms with E-state index in [4.69, 9.17) is 4.89 Å². The van der Waals surface area contributed by atoms with Gasteiger partial charge in [-0.3, -0.25) is 9.59 Å². The van der Waals surface area contributed by atoms with Gasteiger partial charge in [-0.15, -0.1) is 0 Å². The van der Waals surface area contributed by atoms with Crippen molar-refractivity contribution in [3.8, 4) is 0 Å². The van der Waals surface area contributed by atoms with Crippen molar-refractivity contribution in [3.05, 3.63) is 0 Å². The molecule has 0 saturated heterocycles. The molecule has 1 rings (SSSR count). The van der Waals surface area contributed by atoms with Crippen molar-refractivity contribution in [2.45, 2.75) is 12.8 Å². The van der Waals surface area contributed by atoms with Crippen LogP contribution >= 0.6 is 0 Å². The van der Waals surface area contributed by atoms with E-state index < -0.39 is 11.9 Å². The molecular formula is C9H14O5. The third-order valence-corrected chi connectivity index (χ3v) is 2.35. The molecule has 1 saturated carbocycles. The van der Waals surface area contributed by atoms with Crippen LogP contribution in [0.15, 0.2) is 0 Å². The second kappa shape index (κ2) is 5.07. The van der Waals surface area contributed by atoms with Crippen LogP contribution in [0.3, 0.4) is 0 Å². The van der Waals surface area contributed by atoms with Crippen molar-refractivity contribution in [1.82, 2.24) is 0 Å². The molecule has 0 radical (unpaired) electrons. The smallest absolute Gasteiger partial charge is 0.316 e. The summed E-state index contributed by atoms with van der Waals surface area (Å²) >= 11 is 0. The molecule has 1 fully saturated rings. The van der Waals surface area contributed by atoms with Crippen molar-refractivity contribution >= 4 is 11.8 Å². The van der Waals surface area contributed by atoms with E-state index in [0.717, 1.165) is 0 Å². The summed E-state index contributed by atoms with van der Waals surface area (Å²) in [5.41, 5.74) is 0. The molecule has 0 aromatic carbocycles. The Labute approximate surface area is 82.2 Å². The van der Waals surface area contributed by atoms with Gasteiger partial charge < -0.3 is 4.74 Å². The van der Waals surface area contributed by atoms with Gasteiger partial charge in [0.25, 0.3) is 0 Å². The number of ether oxygens (including phenoxy) is 1. The maximum Gasteiger partial charge on any atom is 0.316 e. The van der Waals surface area contributed by atoms with Gasteiger partial charge in [0.2, 0.25) is 0 Å². The number of methoxy groups -OCH3 is 1. The minimum absolute atomic E-state index is 0.0616. The lowest BCUT2D eigenvalue weighted by molar-refractivity contribution is -0.279. The zero-order chi connectivity index (χ0) is 10.6. The van der Waals surface area contributed by atoms with Crippen molar-refractivity contribution < 1.29 is 24.1 Å². The first kappa shape index (κ1) is 11.1. The van der Waals surface area contributed by atoms with E-state index in [2.05, 4.69) is 9.62 Å². The minimum Gasteiger partial charge on any atom is -0.468 e. The number of ketones is 1. The second-order valence-electron chi connectivity index (χ2n) is 3.30. The van der Waals surface area contributed by atoms with Gasteiger partial charge in [0, 0.05) is 6.42 Å². The zero-order valence-electron chi connectivity index (χ0n) is 8.32. The van der Waals surface area contributed by atoms with E-state index >= 15 is 0 Å². The van der Waals surface area contributed by atoms with E-state index in [1.807, 2.05) is 0 Å². The highest BCUT2D eigenvalue weighted by Gasteiger charge is 2.38. The topological polar surface area (TPSA) is 61.8 Å². The molecule has 0 aromatic rings. The van der Waals surface area contributed by atoms with Crippen LogP contribution in [0.25, 0.3) is 0 Å². The van der Waals surface area contributed by atoms with Crippen LogP contribution in [-0.4, -0.2) is 32.6 Å². The summed E-state index contributed by atoms with van der Waals surface area (Å²) in [6.07, 6.45) is 0.859. The molecule has 0 aliphatic heterocycles. The van der Waals surface area contributed by atoms with E-state index in [-0.39, 0.29) is 11.7 Å². The second-order valence-corrected chi connectivity index (χ2v) is 3.30. The van der Waals surface area contributed by atoms with Crippen molar-refractivity contribution in [2.24, 2.45) is 11.8 Å². The van der Waals surface area contributed by atoms with Gasteiger partial charge in [0.1, 0.15) is 11.7 Å². The highest BCUT2D eigenvalue weighted by molar-refractivity contribution is 6.00. The fourth-order valence-corrected chi connectivity index (χ4v) is 1.64. The van der Waals surface area contributed by atoms with Crippen molar-refractivity contribution in [2.75, 3.05) is 20.8 Å². The van der Waals surface area contributed by atoms with E-state index in [9.17, 15) is 9.59 Å². The van der Waals surface area contributed by atoms with Crippen LogP contribution in [0.5, 0.6) is 0 Å². The molecule has 0 N–H and O–H groups in total. The Bertz CT molecular complexity index is 225. The molecular weight excluding hydrogens is 188 g/mol. The predicted molar refractivity (Wildman–Crippen MR) is 46.2 cm³/mol. The molecule has 5 heteroatoms. The summed E-state index contributed by atoms with van der Waals surface area (Å²) in [4.78, 5) is 31.6. The fourth-order valence-electron chi connectivity index (χ4n) is 1.64. The van der Waals surface area contributed by atoms with Crippen molar-refractivity contribution in [1.29, 1.82) is 0 Å². The SMILES string of the molecule is COOCC1CC(=O)C(C(=O)OC)C1. The molecule has 0 spiro atoms. The Balaban J connectivity index is 2.43. The highest BCUT2D eigenvalue weighted by atomic mass is 17.2. The Morgan fingerprint density at radius 3 is 2.79 bits per heavy atom. The zero-order valence-corrected chi connectivity index (χ0v) is 8.32. The standard InChI is InChI=1S/C9H14O5/c1-12-9(11)7-3-6(4-8(7)10)5-14-13-2/h6-7H,3-5H2,1-2H3. The Hall–Kier alpha value is -0.940. The predicted octanol–water partition coefficient (Wildman–Crippen LogP) is 0.333. The monoisotopic (exact) mass is 202 g/mol. The molecule has 0 heterocycles. The third kappa shape index (κ3) is 2.52. The largest absolute Gasteiger partial charge is 0.468 e. The summed E-state index contributed by atoms with van der Waals surface area (Å²) in [5.74, 6) is -1.06. The maximum atomic E-state index is 11.4. The number of carbonyl (C=O) groups is 2. The van der Waals surface area contributed by atoms with Crippen LogP contribution in [0.4, 0.5) is 0 Å². The summed E-state index contributed by atoms with van der Waals surface area (Å²) in [6, 6.07) is 0. The molecule has 5 nitrogen and oxygen atoms in total. The van der Waals surface area contributed by atoms with E-state index in [0.29, 0.717) is 19.4 Å². The van der Waals surface area contributed by atoms with Crippen LogP contribution < -0.4 is 0 Å². The Morgan fingerprint density at radius 2 is 2.21 bits per heavy atom. The minimum atomic E-state index is -0.606. The first-order chi connectivity index (χ1) is 6.69. The Kier molecular flexibility index (Phi) is 4.03. The van der Waals surface area contributed by atoms with Crippen LogP contribution in [0, 0.1) is 11.8 Å². The Morgan fingerprint density at radius 1 is 1.50 bits per heavy atom. The van der Waals surface area contributed by atoms with Crippen molar-refractivity contribution in [3.63, 3.8) is 0 Å². The number of hydrogen-bond donors (Lipinski definition) is 0. The molecule has 0 aromatic heterocycles. The summed E-state index contributed by atoms with van der Waals surface area (Å²) < 4.78 is 4.53. The molecule has 2 unspecified atom stereocenters. The number of carbonyl (C=O) groups excluding carboxylic acids is 2. The van der Waals surface area contributed by atoms with E-state index in [1.165, 1.54) is 14.2 Å². The third-order valence-electron chi connectivity index (χ3n) is 2.35. The molecule has 1 aliphatic rings. The van der Waals surface area contributed by atoms with Gasteiger partial charge in [0.05, 0.1) is 20.8 Å². The van der Waals surface area contributed by atoms with Crippen LogP contribution in [0.1, 0.15) is 12.8 Å². The van der Waals surface area contributed by atoms with Gasteiger partial charge in [0.15, 0.2) is 0 Å². The van der Waals surface area contributed by atoms with Crippen LogP contribution in [0.2, 0.25) is 0 Å². The summed E-state index contributed by atoms with van der Waals surface area (Å²) in [6.45, 7) is 0.343. The van der Waals surface area contributed by atoms with Gasteiger partial charge >= 0.3 is 5.97 Å². The number of rotatable bonds is 4. The van der Waals surface area contributed by atoms with Gasteiger partial charge in [-0.2, -0.15) is 0 Å². The number of Topliss-reactive ketones (excluding diaryl/α,β-unsaturated/α-hetero) is 1. The molecule has 14 heavy (non-hydrogen) atoms. The first-order valence-corrected chi connectivity index (χ1v) is 4.45. The number of hydrogen-bond acceptors (Lipinski definition) is 5. The maximum absolute atomic E-state index is 11.4. The van der Waals surface area contributed by atoms with Gasteiger partial charge in [-0.25, -0.2) is 9.78 Å². The van der Waals surface area contributed by atoms with Gasteiger partial charge in [-0.05, 0) is 12.3 Å². The average Bonchev–Trinajstić information content (AvgIpc) is 2.55. The summed E-state index contributed by atoms with van der Waals surface area (Å²) in [5, 5.41) is 0. The fraction of sp³-hybridized carbons (Fsp3) is 0.778. The lowest BCUT2D eigenvalue weighted by atomic mass is 10.1. The summed E-state index contributed by atoms with van der Waals surface area (Å²) in [7, 11) is 2.70. The lowest BCUT2D eigenvalue weighted by Crippen LogP contribution is -2.19.